The molecule has 1 aromatic rings. The molecule has 17 heavy (non-hydrogen) atoms. The van der Waals surface area contributed by atoms with Gasteiger partial charge in [0.2, 0.25) is 5.91 Å². The van der Waals surface area contributed by atoms with E-state index in [1.54, 1.807) is 4.90 Å². The van der Waals surface area contributed by atoms with E-state index in [1.165, 1.54) is 11.8 Å². The molecule has 6 heteroatoms. The van der Waals surface area contributed by atoms with Gasteiger partial charge < -0.3 is 24.0 Å². The second kappa shape index (κ2) is 6.34. The fourth-order valence-electron chi connectivity index (χ4n) is 1.52. The third kappa shape index (κ3) is 3.19. The molecule has 0 radical (unpaired) electrons. The van der Waals surface area contributed by atoms with Gasteiger partial charge in [-0.2, -0.15) is 0 Å². The Balaban J connectivity index is 0.00000144. The Morgan fingerprint density at radius 3 is 2.94 bits per heavy atom. The molecule has 1 saturated heterocycles. The lowest BCUT2D eigenvalue weighted by molar-refractivity contribution is -0.658. The average molecular weight is 363 g/mol. The highest BCUT2D eigenvalue weighted by Crippen LogP contribution is 2.21. The second-order valence-electron chi connectivity index (χ2n) is 3.49. The highest BCUT2D eigenvalue weighted by molar-refractivity contribution is 8.15. The summed E-state index contributed by atoms with van der Waals surface area (Å²) in [4.78, 5) is 17.7. The zero-order valence-electron chi connectivity index (χ0n) is 9.76. The molecule has 0 spiro atoms. The van der Waals surface area contributed by atoms with Gasteiger partial charge in [0.25, 0.3) is 5.17 Å². The highest BCUT2D eigenvalue weighted by Gasteiger charge is 2.31. The quantitative estimate of drug-likeness (QED) is 0.455. The van der Waals surface area contributed by atoms with E-state index in [9.17, 15) is 4.79 Å². The van der Waals surface area contributed by atoms with Crippen molar-refractivity contribution in [1.82, 2.24) is 4.90 Å². The molecule has 0 aromatic carbocycles. The highest BCUT2D eigenvalue weighted by atomic mass is 127. The predicted molar refractivity (Wildman–Crippen MR) is 64.6 cm³/mol. The van der Waals surface area contributed by atoms with Crippen LogP contribution in [0.5, 0.6) is 0 Å². The summed E-state index contributed by atoms with van der Waals surface area (Å²) in [5.74, 6) is 1.51. The normalized spacial score (nSPS) is 17.4. The monoisotopic (exact) mass is 363 g/mol. The van der Waals surface area contributed by atoms with Crippen LogP contribution in [0.15, 0.2) is 29.4 Å². The number of thioether (sulfide) groups is 1. The Kier molecular flexibility index (Phi) is 5.38. The molecule has 0 atom stereocenters. The molecule has 0 unspecified atom stereocenters. The first-order valence-corrected chi connectivity index (χ1v) is 6.17. The van der Waals surface area contributed by atoms with Crippen LogP contribution in [0.25, 0.3) is 0 Å². The van der Waals surface area contributed by atoms with E-state index < -0.39 is 0 Å². The van der Waals surface area contributed by atoms with Crippen molar-refractivity contribution in [2.45, 2.75) is 6.92 Å². The maximum Gasteiger partial charge on any atom is 0.326 e. The van der Waals surface area contributed by atoms with Gasteiger partial charge in [0, 0.05) is 12.6 Å². The van der Waals surface area contributed by atoms with Crippen LogP contribution in [-0.4, -0.2) is 28.3 Å². The van der Waals surface area contributed by atoms with Crippen LogP contribution in [0.2, 0.25) is 0 Å². The Morgan fingerprint density at radius 1 is 1.53 bits per heavy atom. The molecule has 4 nitrogen and oxygen atoms in total. The van der Waals surface area contributed by atoms with Gasteiger partial charge >= 0.3 is 5.82 Å². The van der Waals surface area contributed by atoms with Gasteiger partial charge in [0.1, 0.15) is 0 Å². The molecule has 0 saturated carbocycles. The number of hydrogen-bond donors (Lipinski definition) is 0. The number of rotatable bonds is 2. The predicted octanol–water partition coefficient (Wildman–Crippen LogP) is -1.90. The van der Waals surface area contributed by atoms with E-state index in [0.29, 0.717) is 12.3 Å². The number of hydrogen-bond acceptors (Lipinski definition) is 3. The smallest absolute Gasteiger partial charge is 0.326 e. The molecule has 2 heterocycles. The minimum atomic E-state index is 0. The molecule has 0 aliphatic carbocycles. The zero-order chi connectivity index (χ0) is 11.5. The molecule has 1 aliphatic rings. The van der Waals surface area contributed by atoms with Gasteiger partial charge in [0.05, 0.1) is 19.0 Å². The maximum absolute atomic E-state index is 11.5. The first-order valence-electron chi connectivity index (χ1n) is 5.19. The third-order valence-electron chi connectivity index (χ3n) is 2.41. The summed E-state index contributed by atoms with van der Waals surface area (Å²) < 4.78 is 1.93. The number of aryl methyl sites for hydroxylation is 1. The zero-order valence-corrected chi connectivity index (χ0v) is 12.7. The number of carbonyl (C=O) groups is 1. The van der Waals surface area contributed by atoms with Crippen LogP contribution in [0.3, 0.4) is 0 Å². The molecule has 1 amide bonds. The van der Waals surface area contributed by atoms with E-state index in [2.05, 4.69) is 4.99 Å². The minimum Gasteiger partial charge on any atom is -1.00 e. The lowest BCUT2D eigenvalue weighted by Crippen LogP contribution is -3.00. The van der Waals surface area contributed by atoms with Gasteiger partial charge in [0.15, 0.2) is 0 Å². The lowest BCUT2D eigenvalue weighted by atomic mass is 10.4. The van der Waals surface area contributed by atoms with Crippen LogP contribution in [0, 0.1) is 0 Å². The third-order valence-corrected chi connectivity index (χ3v) is 3.37. The molecular formula is C11H14IN3OS. The topological polar surface area (TPSA) is 36.6 Å². The maximum atomic E-state index is 11.5. The van der Waals surface area contributed by atoms with Crippen molar-refractivity contribution in [3.63, 3.8) is 0 Å². The van der Waals surface area contributed by atoms with Crippen molar-refractivity contribution in [1.29, 1.82) is 0 Å². The SMILES string of the molecule is CCN1C(=O)CS/C1=N\c1cccc[n+]1C.[I-]. The fraction of sp³-hybridized carbons (Fsp3) is 0.364. The second-order valence-corrected chi connectivity index (χ2v) is 4.43. The summed E-state index contributed by atoms with van der Waals surface area (Å²) in [6, 6.07) is 5.83. The number of amides is 1. The van der Waals surface area contributed by atoms with Crippen LogP contribution in [0.4, 0.5) is 5.82 Å². The van der Waals surface area contributed by atoms with Gasteiger partial charge in [-0.15, -0.1) is 0 Å². The summed E-state index contributed by atoms with van der Waals surface area (Å²) in [5, 5.41) is 0.800. The molecular weight excluding hydrogens is 349 g/mol. The van der Waals surface area contributed by atoms with E-state index >= 15 is 0 Å². The van der Waals surface area contributed by atoms with Crippen molar-refractivity contribution >= 4 is 28.7 Å². The number of nitrogens with zero attached hydrogens (tertiary/aromatic N) is 3. The fourth-order valence-corrected chi connectivity index (χ4v) is 2.47. The molecule has 0 bridgehead atoms. The number of aliphatic imine (C=N–C) groups is 1. The van der Waals surface area contributed by atoms with Crippen LogP contribution >= 0.6 is 11.8 Å². The lowest BCUT2D eigenvalue weighted by Gasteiger charge is -2.08. The molecule has 1 aliphatic heterocycles. The van der Waals surface area contributed by atoms with Gasteiger partial charge in [-0.3, -0.25) is 9.69 Å². The molecule has 92 valence electrons. The van der Waals surface area contributed by atoms with E-state index in [0.717, 1.165) is 11.0 Å². The summed E-state index contributed by atoms with van der Waals surface area (Å²) >= 11 is 1.50. The van der Waals surface area contributed by atoms with Crippen molar-refractivity contribution in [3.05, 3.63) is 24.4 Å². The number of carbonyl (C=O) groups excluding carboxylic acids is 1. The van der Waals surface area contributed by atoms with Crippen molar-refractivity contribution < 1.29 is 33.3 Å². The van der Waals surface area contributed by atoms with Crippen LogP contribution < -0.4 is 28.5 Å². The molecule has 1 fully saturated rings. The summed E-state index contributed by atoms with van der Waals surface area (Å²) in [6.07, 6.45) is 1.94. The largest absolute Gasteiger partial charge is 1.00 e. The van der Waals surface area contributed by atoms with E-state index in [1.807, 2.05) is 42.9 Å². The van der Waals surface area contributed by atoms with Crippen molar-refractivity contribution in [3.8, 4) is 0 Å². The molecule has 1 aromatic heterocycles. The van der Waals surface area contributed by atoms with E-state index in [4.69, 9.17) is 0 Å². The first-order chi connectivity index (χ1) is 7.72. The Hall–Kier alpha value is -0.630. The Bertz CT molecular complexity index is 450. The van der Waals surface area contributed by atoms with Crippen molar-refractivity contribution in [2.24, 2.45) is 12.0 Å². The number of halogens is 1. The average Bonchev–Trinajstić information content (AvgIpc) is 2.63. The molecule has 2 rings (SSSR count). The summed E-state index contributed by atoms with van der Waals surface area (Å²) in [5.41, 5.74) is 0. The van der Waals surface area contributed by atoms with Gasteiger partial charge in [-0.1, -0.05) is 6.07 Å². The Morgan fingerprint density at radius 2 is 2.29 bits per heavy atom. The first kappa shape index (κ1) is 14.4. The molecule has 0 N–H and O–H groups in total. The summed E-state index contributed by atoms with van der Waals surface area (Å²) in [7, 11) is 1.94. The standard InChI is InChI=1S/C11H14N3OS.HI/c1-3-14-10(15)8-16-11(14)12-9-6-4-5-7-13(9)2;/h4-7H,3,8H2,1-2H3;1H/q+1;/p-1. The van der Waals surface area contributed by atoms with Crippen LogP contribution in [0.1, 0.15) is 6.92 Å². The number of pyridine rings is 1. The Labute approximate surface area is 122 Å². The number of amidine groups is 1. The summed E-state index contributed by atoms with van der Waals surface area (Å²) in [6.45, 7) is 2.64. The number of aromatic nitrogens is 1. The van der Waals surface area contributed by atoms with E-state index in [-0.39, 0.29) is 29.9 Å². The van der Waals surface area contributed by atoms with Crippen LogP contribution in [-0.2, 0) is 11.8 Å². The van der Waals surface area contributed by atoms with Gasteiger partial charge in [-0.05, 0) is 29.7 Å². The van der Waals surface area contributed by atoms with Gasteiger partial charge in [-0.25, -0.2) is 4.57 Å². The minimum absolute atomic E-state index is 0. The van der Waals surface area contributed by atoms with Crippen molar-refractivity contribution in [2.75, 3.05) is 12.3 Å².